The van der Waals surface area contributed by atoms with Crippen molar-refractivity contribution in [2.45, 2.75) is 83.8 Å². The second kappa shape index (κ2) is 47.9. The number of carbonyl (C=O) groups excluding carboxylic acids is 3. The van der Waals surface area contributed by atoms with Gasteiger partial charge in [-0.15, -0.1) is 58.0 Å². The van der Waals surface area contributed by atoms with E-state index in [1.807, 2.05) is 43.9 Å². The first kappa shape index (κ1) is 78.5. The van der Waals surface area contributed by atoms with Crippen molar-refractivity contribution in [1.82, 2.24) is 82.5 Å². The van der Waals surface area contributed by atoms with Crippen LogP contribution in [-0.2, 0) is 59.2 Å². The van der Waals surface area contributed by atoms with E-state index in [0.717, 1.165) is 11.3 Å². The van der Waals surface area contributed by atoms with Gasteiger partial charge in [-0.3, -0.25) is 19.2 Å². The third-order valence-electron chi connectivity index (χ3n) is 8.59. The number of halogens is 7. The molecule has 0 amide bonds. The summed E-state index contributed by atoms with van der Waals surface area (Å²) in [6, 6.07) is 19.1. The van der Waals surface area contributed by atoms with Crippen molar-refractivity contribution in [2.24, 2.45) is 15.8 Å². The van der Waals surface area contributed by atoms with E-state index in [2.05, 4.69) is 118 Å². The molecule has 31 nitrogen and oxygen atoms in total. The molecule has 0 radical (unpaired) electrons. The van der Waals surface area contributed by atoms with Crippen LogP contribution in [0.3, 0.4) is 0 Å². The van der Waals surface area contributed by atoms with E-state index in [-0.39, 0.29) is 55.8 Å². The highest BCUT2D eigenvalue weighted by Gasteiger charge is 2.12. The summed E-state index contributed by atoms with van der Waals surface area (Å²) in [5.41, 5.74) is 10.0. The number of methoxy groups -OCH3 is 2. The number of Topliss-reactive ketones (excluding diaryl/α,β-unsaturated/α-hetero) is 1. The van der Waals surface area contributed by atoms with Crippen molar-refractivity contribution < 1.29 is 43.4 Å². The number of rotatable bonds is 18. The zero-order chi connectivity index (χ0) is 62.4. The predicted octanol–water partition coefficient (Wildman–Crippen LogP) is 8.85. The van der Waals surface area contributed by atoms with E-state index in [4.69, 9.17) is 90.3 Å². The van der Waals surface area contributed by atoms with Crippen molar-refractivity contribution in [2.75, 3.05) is 28.4 Å². The van der Waals surface area contributed by atoms with Gasteiger partial charge in [0.25, 0.3) is 0 Å². The number of esters is 2. The molecule has 0 unspecified atom stereocenters. The Bertz CT molecular complexity index is 3010. The van der Waals surface area contributed by atoms with E-state index in [0.29, 0.717) is 97.5 Å². The topological polar surface area (TPSA) is 454 Å². The minimum absolute atomic E-state index is 0. The lowest BCUT2D eigenvalue weighted by atomic mass is 10.1. The van der Waals surface area contributed by atoms with Crippen LogP contribution in [0.5, 0.6) is 0 Å². The second-order valence-electron chi connectivity index (χ2n) is 15.9. The van der Waals surface area contributed by atoms with Crippen molar-refractivity contribution >= 4 is 120 Å². The van der Waals surface area contributed by atoms with Crippen LogP contribution in [0.15, 0.2) is 70.6 Å². The molecule has 39 heteroatoms. The number of nitrogens with zero attached hydrogens (tertiary/aromatic N) is 17. The van der Waals surface area contributed by atoms with Crippen molar-refractivity contribution in [3.05, 3.63) is 136 Å². The molecule has 0 aliphatic heterocycles. The SMILES string of the molecule is CO/N=C(\CCc1nn[nH]n1)c1ccc(Cl)c(Cl)c1.COC(=O)CCC#N.COC(=O)CCc1nn[nH]n1.CON.C[Si](C)(C)N=[N+]=[N-].Cl.Clc1ccccc1Cl.O=C(CCc1nn[nH]n1)c1ccc(Cl)c(Cl)c1.O=C(O)CCc1nn[nH]n1. The lowest BCUT2D eigenvalue weighted by Gasteiger charge is -2.06. The number of H-pyrrole nitrogens is 4. The second-order valence-corrected chi connectivity index (χ2v) is 22.9. The van der Waals surface area contributed by atoms with Crippen LogP contribution in [0.2, 0.25) is 49.8 Å². The van der Waals surface area contributed by atoms with Gasteiger partial charge >= 0.3 is 17.9 Å². The highest BCUT2D eigenvalue weighted by Crippen LogP contribution is 2.25. The normalized spacial score (nSPS) is 9.80. The molecule has 456 valence electrons. The highest BCUT2D eigenvalue weighted by atomic mass is 35.5. The average molecular weight is 1330 g/mol. The Balaban J connectivity index is 0. The van der Waals surface area contributed by atoms with Gasteiger partial charge in [-0.1, -0.05) is 133 Å². The van der Waals surface area contributed by atoms with E-state index in [1.165, 1.54) is 28.4 Å². The average Bonchev–Trinajstić information content (AvgIpc) is 4.44. The zero-order valence-corrected chi connectivity index (χ0v) is 52.3. The maximum atomic E-state index is 11.8. The Morgan fingerprint density at radius 1 is 0.619 bits per heavy atom. The molecule has 7 N–H and O–H groups in total. The van der Waals surface area contributed by atoms with Gasteiger partial charge in [0.05, 0.1) is 82.5 Å². The van der Waals surface area contributed by atoms with Crippen LogP contribution in [0.25, 0.3) is 10.4 Å². The number of azide groups is 1. The van der Waals surface area contributed by atoms with Crippen LogP contribution in [-0.4, -0.2) is 154 Å². The summed E-state index contributed by atoms with van der Waals surface area (Å²) >= 11 is 34.6. The Labute approximate surface area is 517 Å². The molecule has 7 rings (SSSR count). The molecule has 0 aliphatic rings. The molecule has 0 bridgehead atoms. The summed E-state index contributed by atoms with van der Waals surface area (Å²) in [6.45, 7) is 5.98. The fraction of sp³-hybridized carbons (Fsp3) is 0.378. The molecule has 0 spiro atoms. The van der Waals surface area contributed by atoms with Gasteiger partial charge in [0.15, 0.2) is 29.1 Å². The standard InChI is InChI=1S/C11H11Cl2N5O.C10H8Cl2N4O.C6H4Cl2.C5H8N4O2.C5H7NO2.C4H6N4O2.C3H9N3Si.CH5NO.ClH/c1-19-16-10(4-5-11-14-17-18-15-11)7-2-3-8(12)9(13)6-7;11-7-2-1-6(5-8(7)12)9(17)3-4-10-13-15-16-14-10;7-5-3-1-2-4-6(5)8;1-11-5(10)3-2-4-6-8-9-7-4;1-8-5(7)3-2-4-6;9-4(10)2-1-3-5-7-8-6-3;1-7(2,3)6-5-4;1-3-2;/h2-3,6H,4-5H2,1H3,(H,14,15,17,18);1-2,5H,3-4H2,(H,13,14,15,16);1-4H;2-3H2,1H3,(H,6,7,8,9);2-3H2,1H3;1-2H2,(H,9,10)(H,5,6,7,8);1-3H3;2H2,1H3;1H/b16-10+;;;;;;;;. The summed E-state index contributed by atoms with van der Waals surface area (Å²) in [5, 5.41) is 75.7. The van der Waals surface area contributed by atoms with Gasteiger partial charge in [-0.2, -0.15) is 26.1 Å². The molecule has 4 aromatic heterocycles. The largest absolute Gasteiger partial charge is 0.481 e. The molecule has 0 aliphatic carbocycles. The van der Waals surface area contributed by atoms with Gasteiger partial charge < -0.3 is 24.3 Å². The van der Waals surface area contributed by atoms with Gasteiger partial charge in [0, 0.05) is 56.1 Å². The number of hydrogen-bond donors (Lipinski definition) is 6. The Hall–Kier alpha value is -7.54. The number of carbonyl (C=O) groups is 4. The summed E-state index contributed by atoms with van der Waals surface area (Å²) in [7, 11) is 4.10. The number of nitrogens with one attached hydrogen (secondary N) is 4. The first-order valence-corrected chi connectivity index (χ1v) is 29.1. The van der Waals surface area contributed by atoms with Crippen LogP contribution in [0, 0.1) is 11.3 Å². The first-order valence-electron chi connectivity index (χ1n) is 23.4. The number of nitrogens with two attached hydrogens (primary N) is 1. The minimum atomic E-state index is -1.45. The summed E-state index contributed by atoms with van der Waals surface area (Å²) in [5.74, 6) is 4.94. The van der Waals surface area contributed by atoms with Gasteiger partial charge in [0.2, 0.25) is 0 Å². The molecular formula is C45H59Cl7N22O9Si. The number of ether oxygens (including phenoxy) is 2. The van der Waals surface area contributed by atoms with Crippen LogP contribution in [0.1, 0.15) is 77.7 Å². The monoisotopic (exact) mass is 1320 g/mol. The van der Waals surface area contributed by atoms with Crippen LogP contribution in [0.4, 0.5) is 0 Å². The highest BCUT2D eigenvalue weighted by molar-refractivity contribution is 6.74. The lowest BCUT2D eigenvalue weighted by Crippen LogP contribution is -2.13. The van der Waals surface area contributed by atoms with Gasteiger partial charge in [0.1, 0.15) is 15.3 Å². The van der Waals surface area contributed by atoms with Crippen molar-refractivity contribution in [1.29, 1.82) is 5.26 Å². The van der Waals surface area contributed by atoms with E-state index in [9.17, 15) is 19.2 Å². The van der Waals surface area contributed by atoms with Crippen molar-refractivity contribution in [3.63, 3.8) is 0 Å². The number of aromatic nitrogens is 16. The van der Waals surface area contributed by atoms with Gasteiger partial charge in [-0.05, 0) is 52.9 Å². The number of aryl methyl sites for hydroxylation is 4. The minimum Gasteiger partial charge on any atom is -0.481 e. The molecule has 0 saturated carbocycles. The fourth-order valence-corrected chi connectivity index (χ4v) is 5.96. The molecule has 0 fully saturated rings. The molecule has 0 saturated heterocycles. The van der Waals surface area contributed by atoms with Crippen molar-refractivity contribution in [3.8, 4) is 6.07 Å². The Morgan fingerprint density at radius 3 is 1.33 bits per heavy atom. The van der Waals surface area contributed by atoms with Crippen LogP contribution < -0.4 is 5.90 Å². The summed E-state index contributed by atoms with van der Waals surface area (Å²) in [6.07, 6.45) is 3.50. The third kappa shape index (κ3) is 39.8. The number of benzene rings is 3. The lowest BCUT2D eigenvalue weighted by molar-refractivity contribution is -0.141. The number of hydrogen-bond acceptors (Lipinski definition) is 24. The molecule has 0 atom stereocenters. The number of carboxylic acids is 1. The fourth-order valence-electron chi connectivity index (χ4n) is 4.82. The van der Waals surface area contributed by atoms with E-state index < -0.39 is 14.2 Å². The first-order chi connectivity index (χ1) is 39.6. The molecule has 7 aromatic rings. The Kier molecular flexibility index (Phi) is 44.8. The summed E-state index contributed by atoms with van der Waals surface area (Å²) in [4.78, 5) is 53.9. The Morgan fingerprint density at radius 2 is 1.00 bits per heavy atom. The van der Waals surface area contributed by atoms with Crippen LogP contribution >= 0.6 is 82.0 Å². The molecule has 84 heavy (non-hydrogen) atoms. The number of nitriles is 1. The molecule has 4 heterocycles. The summed E-state index contributed by atoms with van der Waals surface area (Å²) < 4.78 is 12.3. The van der Waals surface area contributed by atoms with Gasteiger partial charge in [-0.25, -0.2) is 5.90 Å². The zero-order valence-electron chi connectivity index (χ0n) is 45.9. The maximum absolute atomic E-state index is 11.8. The van der Waals surface area contributed by atoms with E-state index >= 15 is 0 Å². The molecular weight excluding hydrogens is 1270 g/mol. The number of tetrazole rings is 4. The third-order valence-corrected chi connectivity index (χ3v) is 11.5. The quantitative estimate of drug-likeness (QED) is 0.00682. The molecule has 3 aromatic carbocycles. The van der Waals surface area contributed by atoms with E-state index in [1.54, 1.807) is 42.5 Å². The number of oxime groups is 1. The predicted molar refractivity (Wildman–Crippen MR) is 315 cm³/mol. The number of aromatic amines is 4. The number of carboxylic acid groups (broad SMARTS) is 1. The number of ketones is 1. The number of aliphatic carboxylic acids is 1. The maximum Gasteiger partial charge on any atom is 0.306 e. The smallest absolute Gasteiger partial charge is 0.306 e.